The number of carbonyl (C=O) groups is 1. The summed E-state index contributed by atoms with van der Waals surface area (Å²) in [6, 6.07) is 3.42. The Morgan fingerprint density at radius 1 is 1.42 bits per heavy atom. The molecule has 0 saturated heterocycles. The van der Waals surface area contributed by atoms with Crippen molar-refractivity contribution < 1.29 is 14.3 Å². The highest BCUT2D eigenvalue weighted by atomic mass is 16.4. The number of carbonyl (C=O) groups excluding carboxylic acids is 1. The molecule has 1 rings (SSSR count). The maximum atomic E-state index is 11.9. The topological polar surface area (TPSA) is 53.7 Å². The van der Waals surface area contributed by atoms with Crippen LogP contribution < -0.4 is 0 Å². The fraction of sp³-hybridized carbons (Fsp3) is 0.533. The quantitative estimate of drug-likeness (QED) is 0.832. The average Bonchev–Trinajstić information content (AvgIpc) is 2.78. The van der Waals surface area contributed by atoms with Gasteiger partial charge in [0.05, 0.1) is 12.8 Å². The van der Waals surface area contributed by atoms with Crippen LogP contribution in [-0.4, -0.2) is 29.0 Å². The van der Waals surface area contributed by atoms with E-state index in [9.17, 15) is 9.90 Å². The molecule has 4 heteroatoms. The molecule has 4 nitrogen and oxygen atoms in total. The third-order valence-corrected chi connectivity index (χ3v) is 2.70. The van der Waals surface area contributed by atoms with Crippen molar-refractivity contribution in [1.29, 1.82) is 0 Å². The van der Waals surface area contributed by atoms with Crippen molar-refractivity contribution in [2.24, 2.45) is 5.41 Å². The third kappa shape index (κ3) is 4.56. The molecule has 1 aromatic rings. The normalized spacial score (nSPS) is 14.8. The van der Waals surface area contributed by atoms with Crippen LogP contribution in [0.5, 0.6) is 0 Å². The van der Waals surface area contributed by atoms with Gasteiger partial charge in [-0.1, -0.05) is 27.4 Å². The van der Waals surface area contributed by atoms with Crippen molar-refractivity contribution in [1.82, 2.24) is 4.90 Å². The second-order valence-corrected chi connectivity index (χ2v) is 6.21. The molecule has 0 spiro atoms. The van der Waals surface area contributed by atoms with Crippen LogP contribution in [0, 0.1) is 5.41 Å². The van der Waals surface area contributed by atoms with Crippen molar-refractivity contribution in [3.63, 3.8) is 0 Å². The second-order valence-electron chi connectivity index (χ2n) is 6.21. The number of aliphatic hydroxyl groups is 1. The van der Waals surface area contributed by atoms with Gasteiger partial charge in [-0.05, 0) is 30.5 Å². The van der Waals surface area contributed by atoms with Gasteiger partial charge in [-0.2, -0.15) is 0 Å². The Labute approximate surface area is 114 Å². The molecule has 1 heterocycles. The minimum atomic E-state index is -1.21. The lowest BCUT2D eigenvalue weighted by molar-refractivity contribution is -0.131. The number of amides is 1. The van der Waals surface area contributed by atoms with E-state index >= 15 is 0 Å². The summed E-state index contributed by atoms with van der Waals surface area (Å²) in [5.41, 5.74) is -1.27. The van der Waals surface area contributed by atoms with Crippen LogP contribution in [-0.2, 0) is 10.4 Å². The summed E-state index contributed by atoms with van der Waals surface area (Å²) in [4.78, 5) is 13.5. The minimum Gasteiger partial charge on any atom is -0.466 e. The van der Waals surface area contributed by atoms with Crippen molar-refractivity contribution in [3.8, 4) is 0 Å². The lowest BCUT2D eigenvalue weighted by Gasteiger charge is -2.34. The number of rotatable bonds is 5. The van der Waals surface area contributed by atoms with Crippen molar-refractivity contribution in [2.45, 2.75) is 33.3 Å². The third-order valence-electron chi connectivity index (χ3n) is 2.70. The Morgan fingerprint density at radius 3 is 2.47 bits per heavy atom. The molecular weight excluding hydrogens is 242 g/mol. The second kappa shape index (κ2) is 5.61. The van der Waals surface area contributed by atoms with Gasteiger partial charge in [0, 0.05) is 6.54 Å². The van der Waals surface area contributed by atoms with Gasteiger partial charge in [-0.25, -0.2) is 0 Å². The summed E-state index contributed by atoms with van der Waals surface area (Å²) >= 11 is 0. The van der Waals surface area contributed by atoms with Crippen LogP contribution in [0.1, 0.15) is 33.5 Å². The van der Waals surface area contributed by atoms with Gasteiger partial charge in [0.2, 0.25) is 5.91 Å². The molecule has 0 aliphatic heterocycles. The number of nitrogens with zero attached hydrogens (tertiary/aromatic N) is 1. The Kier molecular flexibility index (Phi) is 4.58. The van der Waals surface area contributed by atoms with Gasteiger partial charge in [0.25, 0.3) is 0 Å². The molecule has 0 aromatic carbocycles. The van der Waals surface area contributed by atoms with E-state index in [4.69, 9.17) is 4.42 Å². The summed E-state index contributed by atoms with van der Waals surface area (Å²) in [6.07, 6.45) is 2.77. The molecule has 0 radical (unpaired) electrons. The van der Waals surface area contributed by atoms with Crippen LogP contribution >= 0.6 is 0 Å². The van der Waals surface area contributed by atoms with E-state index in [0.717, 1.165) is 0 Å². The Bertz CT molecular complexity index is 427. The molecule has 0 aliphatic rings. The Hall–Kier alpha value is -1.55. The van der Waals surface area contributed by atoms with Crippen molar-refractivity contribution in [3.05, 3.63) is 36.8 Å². The van der Waals surface area contributed by atoms with Gasteiger partial charge in [-0.15, -0.1) is 0 Å². The number of furan rings is 1. The molecule has 0 bridgehead atoms. The van der Waals surface area contributed by atoms with Crippen LogP contribution in [0.15, 0.2) is 35.5 Å². The largest absolute Gasteiger partial charge is 0.466 e. The molecule has 19 heavy (non-hydrogen) atoms. The fourth-order valence-corrected chi connectivity index (χ4v) is 1.95. The zero-order chi connectivity index (χ0) is 14.7. The van der Waals surface area contributed by atoms with Crippen molar-refractivity contribution in [2.75, 3.05) is 13.1 Å². The van der Waals surface area contributed by atoms with Gasteiger partial charge < -0.3 is 14.4 Å². The van der Waals surface area contributed by atoms with E-state index in [1.165, 1.54) is 12.3 Å². The van der Waals surface area contributed by atoms with Crippen LogP contribution in [0.4, 0.5) is 0 Å². The van der Waals surface area contributed by atoms with E-state index < -0.39 is 5.60 Å². The van der Waals surface area contributed by atoms with Gasteiger partial charge in [0.1, 0.15) is 11.4 Å². The monoisotopic (exact) mass is 265 g/mol. The standard InChI is InChI=1S/C15H23NO3/c1-6-13(17)16(10-14(2,3)4)11-15(5,18)12-8-7-9-19-12/h6-9,18H,1,10-11H2,2-5H3. The highest BCUT2D eigenvalue weighted by Gasteiger charge is 2.32. The molecule has 0 saturated carbocycles. The minimum absolute atomic E-state index is 0.0576. The molecule has 1 aromatic heterocycles. The van der Waals surface area contributed by atoms with Crippen molar-refractivity contribution >= 4 is 5.91 Å². The van der Waals surface area contributed by atoms with Crippen LogP contribution in [0.3, 0.4) is 0 Å². The first-order chi connectivity index (χ1) is 8.65. The highest BCUT2D eigenvalue weighted by molar-refractivity contribution is 5.87. The molecule has 1 amide bonds. The average molecular weight is 265 g/mol. The Balaban J connectivity index is 2.88. The first kappa shape index (κ1) is 15.5. The van der Waals surface area contributed by atoms with E-state index in [1.54, 1.807) is 24.0 Å². The summed E-state index contributed by atoms with van der Waals surface area (Å²) in [6.45, 7) is 12.0. The zero-order valence-corrected chi connectivity index (χ0v) is 12.1. The van der Waals surface area contributed by atoms with Crippen LogP contribution in [0.25, 0.3) is 0 Å². The SMILES string of the molecule is C=CC(=O)N(CC(C)(C)C)CC(C)(O)c1ccco1. The van der Waals surface area contributed by atoms with Gasteiger partial charge in [-0.3, -0.25) is 4.79 Å². The molecule has 1 N–H and O–H groups in total. The van der Waals surface area contributed by atoms with E-state index in [2.05, 4.69) is 6.58 Å². The maximum Gasteiger partial charge on any atom is 0.246 e. The number of hydrogen-bond donors (Lipinski definition) is 1. The maximum absolute atomic E-state index is 11.9. The predicted octanol–water partition coefficient (Wildman–Crippen LogP) is 2.55. The summed E-state index contributed by atoms with van der Waals surface area (Å²) in [7, 11) is 0. The lowest BCUT2D eigenvalue weighted by Crippen LogP contribution is -2.45. The zero-order valence-electron chi connectivity index (χ0n) is 12.1. The first-order valence-corrected chi connectivity index (χ1v) is 6.33. The van der Waals surface area contributed by atoms with Gasteiger partial charge in [0.15, 0.2) is 0 Å². The molecule has 0 aliphatic carbocycles. The Morgan fingerprint density at radius 2 is 2.05 bits per heavy atom. The fourth-order valence-electron chi connectivity index (χ4n) is 1.95. The number of hydrogen-bond acceptors (Lipinski definition) is 3. The van der Waals surface area contributed by atoms with E-state index in [1.807, 2.05) is 20.8 Å². The lowest BCUT2D eigenvalue weighted by atomic mass is 9.94. The van der Waals surface area contributed by atoms with Gasteiger partial charge >= 0.3 is 0 Å². The molecular formula is C15H23NO3. The molecule has 106 valence electrons. The summed E-state index contributed by atoms with van der Waals surface area (Å²) in [5, 5.41) is 10.5. The summed E-state index contributed by atoms with van der Waals surface area (Å²) < 4.78 is 5.23. The molecule has 1 unspecified atom stereocenters. The summed E-state index contributed by atoms with van der Waals surface area (Å²) in [5.74, 6) is 0.255. The molecule has 1 atom stereocenters. The molecule has 0 fully saturated rings. The smallest absolute Gasteiger partial charge is 0.246 e. The first-order valence-electron chi connectivity index (χ1n) is 6.33. The van der Waals surface area contributed by atoms with E-state index in [0.29, 0.717) is 12.3 Å². The predicted molar refractivity (Wildman–Crippen MR) is 74.5 cm³/mol. The van der Waals surface area contributed by atoms with Crippen LogP contribution in [0.2, 0.25) is 0 Å². The highest BCUT2D eigenvalue weighted by Crippen LogP contribution is 2.24. The van der Waals surface area contributed by atoms with E-state index in [-0.39, 0.29) is 17.9 Å².